The fraction of sp³-hybridized carbons (Fsp3) is 1.00. The number of hydrogen-bond donors (Lipinski definition) is 0. The summed E-state index contributed by atoms with van der Waals surface area (Å²) in [7, 11) is 0. The third kappa shape index (κ3) is 3.92. The van der Waals surface area contributed by atoms with Crippen LogP contribution in [0.15, 0.2) is 0 Å². The Kier molecular flexibility index (Phi) is 3.60. The number of nitrogens with zero attached hydrogens (tertiary/aromatic N) is 1. The molecule has 0 aliphatic rings. The van der Waals surface area contributed by atoms with E-state index >= 15 is 0 Å². The van der Waals surface area contributed by atoms with E-state index in [0.717, 1.165) is 0 Å². The maximum absolute atomic E-state index is 9.76. The average Bonchev–Trinajstić information content (AvgIpc) is 1.65. The topological polar surface area (TPSA) is 43.1 Å². The van der Waals surface area contributed by atoms with Crippen LogP contribution in [0.3, 0.4) is 0 Å². The highest BCUT2D eigenvalue weighted by molar-refractivity contribution is 7.99. The normalized spacial score (nSPS) is 13.2. The fourth-order valence-corrected chi connectivity index (χ4v) is 0.555. The van der Waals surface area contributed by atoms with Crippen molar-refractivity contribution < 1.29 is 4.92 Å². The number of nitro groups is 1. The van der Waals surface area contributed by atoms with Gasteiger partial charge in [-0.15, -0.1) is 0 Å². The lowest BCUT2D eigenvalue weighted by molar-refractivity contribution is -0.478. The van der Waals surface area contributed by atoms with E-state index in [-0.39, 0.29) is 16.7 Å². The van der Waals surface area contributed by atoms with Crippen molar-refractivity contribution in [3.05, 3.63) is 10.1 Å². The first-order chi connectivity index (χ1) is 3.66. The Bertz CT molecular complexity index is 86.1. The molecule has 0 aliphatic heterocycles. The standard InChI is InChI=1S/C4H9NO2S/c1-4(8-2)3-5(6)7/h4H,3H2,1-2H3. The molecule has 0 aromatic rings. The highest BCUT2D eigenvalue weighted by Crippen LogP contribution is 2.03. The van der Waals surface area contributed by atoms with Gasteiger partial charge in [-0.1, -0.05) is 0 Å². The van der Waals surface area contributed by atoms with Gasteiger partial charge in [-0.2, -0.15) is 11.8 Å². The van der Waals surface area contributed by atoms with Crippen LogP contribution in [0.25, 0.3) is 0 Å². The summed E-state index contributed by atoms with van der Waals surface area (Å²) in [6.07, 6.45) is 1.87. The summed E-state index contributed by atoms with van der Waals surface area (Å²) in [4.78, 5) is 9.47. The second kappa shape index (κ2) is 3.72. The molecule has 48 valence electrons. The maximum atomic E-state index is 9.76. The molecule has 8 heavy (non-hydrogen) atoms. The SMILES string of the molecule is CSC(C)C[N+](=O)[O-]. The smallest absolute Gasteiger partial charge is 0.215 e. The van der Waals surface area contributed by atoms with Gasteiger partial charge in [-0.3, -0.25) is 10.1 Å². The minimum Gasteiger partial charge on any atom is -0.265 e. The molecule has 0 amide bonds. The summed E-state index contributed by atoms with van der Waals surface area (Å²) in [5.74, 6) is 0. The van der Waals surface area contributed by atoms with Gasteiger partial charge in [-0.25, -0.2) is 0 Å². The molecule has 3 nitrogen and oxygen atoms in total. The minimum absolute atomic E-state index is 0.0706. The zero-order valence-corrected chi connectivity index (χ0v) is 5.77. The van der Waals surface area contributed by atoms with Crippen LogP contribution in [0.2, 0.25) is 0 Å². The Balaban J connectivity index is 3.24. The number of hydrogen-bond acceptors (Lipinski definition) is 3. The Morgan fingerprint density at radius 2 is 2.38 bits per heavy atom. The van der Waals surface area contributed by atoms with Crippen LogP contribution < -0.4 is 0 Å². The minimum atomic E-state index is -0.291. The van der Waals surface area contributed by atoms with Crippen molar-refractivity contribution in [2.45, 2.75) is 12.2 Å². The molecule has 0 spiro atoms. The molecule has 4 heteroatoms. The van der Waals surface area contributed by atoms with Gasteiger partial charge in [0.15, 0.2) is 0 Å². The fourth-order valence-electron chi connectivity index (χ4n) is 0.284. The first-order valence-corrected chi connectivity index (χ1v) is 3.60. The molecule has 0 aliphatic carbocycles. The summed E-state index contributed by atoms with van der Waals surface area (Å²) >= 11 is 1.51. The van der Waals surface area contributed by atoms with Crippen molar-refractivity contribution in [3.63, 3.8) is 0 Å². The van der Waals surface area contributed by atoms with E-state index in [1.807, 2.05) is 13.2 Å². The molecule has 0 rings (SSSR count). The molecular weight excluding hydrogens is 126 g/mol. The van der Waals surface area contributed by atoms with Gasteiger partial charge in [0.05, 0.1) is 5.25 Å². The predicted molar refractivity (Wildman–Crippen MR) is 34.8 cm³/mol. The lowest BCUT2D eigenvalue weighted by Gasteiger charge is -1.98. The molecule has 0 fully saturated rings. The molecule has 0 bridgehead atoms. The molecule has 1 atom stereocenters. The van der Waals surface area contributed by atoms with E-state index in [0.29, 0.717) is 0 Å². The monoisotopic (exact) mass is 135 g/mol. The van der Waals surface area contributed by atoms with Crippen molar-refractivity contribution >= 4 is 11.8 Å². The van der Waals surface area contributed by atoms with E-state index in [1.165, 1.54) is 11.8 Å². The van der Waals surface area contributed by atoms with E-state index < -0.39 is 0 Å². The lowest BCUT2D eigenvalue weighted by atomic mass is 10.5. The third-order valence-electron chi connectivity index (χ3n) is 0.809. The quantitative estimate of drug-likeness (QED) is 0.428. The Hall–Kier alpha value is -0.250. The van der Waals surface area contributed by atoms with Crippen molar-refractivity contribution in [1.82, 2.24) is 0 Å². The van der Waals surface area contributed by atoms with Crippen LogP contribution in [0.5, 0.6) is 0 Å². The highest BCUT2D eigenvalue weighted by atomic mass is 32.2. The maximum Gasteiger partial charge on any atom is 0.215 e. The molecule has 0 saturated carbocycles. The van der Waals surface area contributed by atoms with E-state index in [2.05, 4.69) is 0 Å². The molecule has 0 heterocycles. The zero-order valence-electron chi connectivity index (χ0n) is 4.96. The molecule has 0 aromatic heterocycles. The van der Waals surface area contributed by atoms with Crippen LogP contribution in [0, 0.1) is 10.1 Å². The van der Waals surface area contributed by atoms with Gasteiger partial charge in [0, 0.05) is 4.92 Å². The first-order valence-electron chi connectivity index (χ1n) is 2.31. The van der Waals surface area contributed by atoms with Gasteiger partial charge < -0.3 is 0 Å². The van der Waals surface area contributed by atoms with Crippen molar-refractivity contribution in [2.75, 3.05) is 12.8 Å². The van der Waals surface area contributed by atoms with Crippen LogP contribution in [0.4, 0.5) is 0 Å². The Labute approximate surface area is 52.6 Å². The van der Waals surface area contributed by atoms with Crippen molar-refractivity contribution in [3.8, 4) is 0 Å². The second-order valence-electron chi connectivity index (χ2n) is 1.56. The summed E-state index contributed by atoms with van der Waals surface area (Å²) in [5, 5.41) is 9.90. The van der Waals surface area contributed by atoms with Crippen LogP contribution >= 0.6 is 11.8 Å². The van der Waals surface area contributed by atoms with E-state index in [1.54, 1.807) is 0 Å². The molecule has 1 unspecified atom stereocenters. The summed E-state index contributed by atoms with van der Waals surface area (Å²) in [5.41, 5.74) is 0. The third-order valence-corrected chi connectivity index (χ3v) is 1.76. The summed E-state index contributed by atoms with van der Waals surface area (Å²) in [6, 6.07) is 0. The molecule has 0 radical (unpaired) electrons. The van der Waals surface area contributed by atoms with Crippen molar-refractivity contribution in [1.29, 1.82) is 0 Å². The molecule has 0 saturated heterocycles. The summed E-state index contributed by atoms with van der Waals surface area (Å²) < 4.78 is 0. The summed E-state index contributed by atoms with van der Waals surface area (Å²) in [6.45, 7) is 1.91. The van der Waals surface area contributed by atoms with Gasteiger partial charge in [0.25, 0.3) is 0 Å². The number of rotatable bonds is 3. The van der Waals surface area contributed by atoms with Gasteiger partial charge in [0.1, 0.15) is 0 Å². The van der Waals surface area contributed by atoms with Crippen molar-refractivity contribution in [2.24, 2.45) is 0 Å². The highest BCUT2D eigenvalue weighted by Gasteiger charge is 2.04. The van der Waals surface area contributed by atoms with Gasteiger partial charge in [0.2, 0.25) is 6.54 Å². The first kappa shape index (κ1) is 7.75. The molecule has 0 aromatic carbocycles. The Morgan fingerprint density at radius 3 is 2.50 bits per heavy atom. The largest absolute Gasteiger partial charge is 0.265 e. The van der Waals surface area contributed by atoms with Gasteiger partial charge >= 0.3 is 0 Å². The average molecular weight is 135 g/mol. The number of thioether (sulfide) groups is 1. The van der Waals surface area contributed by atoms with E-state index in [4.69, 9.17) is 0 Å². The lowest BCUT2D eigenvalue weighted by Crippen LogP contribution is -2.11. The van der Waals surface area contributed by atoms with Crippen LogP contribution in [-0.2, 0) is 0 Å². The van der Waals surface area contributed by atoms with Gasteiger partial charge in [-0.05, 0) is 13.2 Å². The molecule has 0 N–H and O–H groups in total. The molecular formula is C4H9NO2S. The van der Waals surface area contributed by atoms with Crippen LogP contribution in [0.1, 0.15) is 6.92 Å². The Morgan fingerprint density at radius 1 is 1.88 bits per heavy atom. The zero-order chi connectivity index (χ0) is 6.57. The van der Waals surface area contributed by atoms with E-state index in [9.17, 15) is 10.1 Å². The second-order valence-corrected chi connectivity index (χ2v) is 2.84. The van der Waals surface area contributed by atoms with Crippen LogP contribution in [-0.4, -0.2) is 23.0 Å². The predicted octanol–water partition coefficient (Wildman–Crippen LogP) is 1.01.